The molecule has 0 saturated heterocycles. The Morgan fingerprint density at radius 1 is 1.24 bits per heavy atom. The lowest BCUT2D eigenvalue weighted by atomic mass is 10.1. The third-order valence-corrected chi connectivity index (χ3v) is 2.33. The van der Waals surface area contributed by atoms with Gasteiger partial charge in [0.2, 0.25) is 0 Å². The molecule has 0 bridgehead atoms. The van der Waals surface area contributed by atoms with Gasteiger partial charge in [0.05, 0.1) is 5.69 Å². The topological polar surface area (TPSA) is 47.0 Å². The molecule has 4 nitrogen and oxygen atoms in total. The fraction of sp³-hybridized carbons (Fsp3) is 0.692. The standard InChI is InChI=1S/C13H23N3O/c1-9(2)12-8-11(5)15-13(16-12)17-7-6-14-10(3)4/h8-10,14H,6-7H2,1-5H3. The van der Waals surface area contributed by atoms with Crippen molar-refractivity contribution in [3.63, 3.8) is 0 Å². The summed E-state index contributed by atoms with van der Waals surface area (Å²) in [6.45, 7) is 11.8. The summed E-state index contributed by atoms with van der Waals surface area (Å²) >= 11 is 0. The van der Waals surface area contributed by atoms with Gasteiger partial charge in [0.1, 0.15) is 6.61 Å². The van der Waals surface area contributed by atoms with Crippen molar-refractivity contribution in [2.75, 3.05) is 13.2 Å². The van der Waals surface area contributed by atoms with E-state index in [-0.39, 0.29) is 0 Å². The molecule has 0 aliphatic heterocycles. The lowest BCUT2D eigenvalue weighted by Gasteiger charge is -2.11. The quantitative estimate of drug-likeness (QED) is 0.771. The number of hydrogen-bond donors (Lipinski definition) is 1. The molecule has 0 saturated carbocycles. The Balaban J connectivity index is 2.53. The van der Waals surface area contributed by atoms with Crippen LogP contribution in [0, 0.1) is 6.92 Å². The fourth-order valence-electron chi connectivity index (χ4n) is 1.42. The van der Waals surface area contributed by atoms with Crippen molar-refractivity contribution in [2.45, 2.75) is 46.6 Å². The third kappa shape index (κ3) is 5.13. The van der Waals surface area contributed by atoms with Crippen LogP contribution in [-0.4, -0.2) is 29.2 Å². The molecule has 0 aliphatic carbocycles. The molecule has 0 fully saturated rings. The van der Waals surface area contributed by atoms with Crippen LogP contribution in [0.15, 0.2) is 6.07 Å². The highest BCUT2D eigenvalue weighted by Crippen LogP contribution is 2.15. The number of hydrogen-bond acceptors (Lipinski definition) is 4. The number of nitrogens with one attached hydrogen (secondary N) is 1. The predicted molar refractivity (Wildman–Crippen MR) is 69.5 cm³/mol. The van der Waals surface area contributed by atoms with Crippen LogP contribution in [0.5, 0.6) is 6.01 Å². The van der Waals surface area contributed by atoms with Crippen LogP contribution in [0.25, 0.3) is 0 Å². The molecule has 0 atom stereocenters. The maximum absolute atomic E-state index is 5.54. The van der Waals surface area contributed by atoms with Gasteiger partial charge in [0, 0.05) is 18.3 Å². The summed E-state index contributed by atoms with van der Waals surface area (Å²) in [7, 11) is 0. The number of nitrogens with zero attached hydrogens (tertiary/aromatic N) is 2. The highest BCUT2D eigenvalue weighted by molar-refractivity contribution is 5.15. The Labute approximate surface area is 104 Å². The summed E-state index contributed by atoms with van der Waals surface area (Å²) in [5.41, 5.74) is 1.99. The van der Waals surface area contributed by atoms with E-state index in [2.05, 4.69) is 43.0 Å². The SMILES string of the molecule is Cc1cc(C(C)C)nc(OCCNC(C)C)n1. The molecule has 0 amide bonds. The molecule has 4 heteroatoms. The molecule has 96 valence electrons. The summed E-state index contributed by atoms with van der Waals surface area (Å²) in [5.74, 6) is 0.396. The largest absolute Gasteiger partial charge is 0.462 e. The van der Waals surface area contributed by atoms with Gasteiger partial charge in [-0.1, -0.05) is 27.7 Å². The van der Waals surface area contributed by atoms with Crippen molar-refractivity contribution >= 4 is 0 Å². The van der Waals surface area contributed by atoms with Gasteiger partial charge in [0.25, 0.3) is 0 Å². The molecule has 0 unspecified atom stereocenters. The molecule has 1 rings (SSSR count). The number of rotatable bonds is 6. The average molecular weight is 237 g/mol. The summed E-state index contributed by atoms with van der Waals surface area (Å²) in [4.78, 5) is 8.66. The minimum atomic E-state index is 0.396. The van der Waals surface area contributed by atoms with Crippen LogP contribution in [0.3, 0.4) is 0 Å². The number of aryl methyl sites for hydroxylation is 1. The molecule has 1 N–H and O–H groups in total. The maximum Gasteiger partial charge on any atom is 0.316 e. The van der Waals surface area contributed by atoms with E-state index in [1.807, 2.05) is 13.0 Å². The van der Waals surface area contributed by atoms with Crippen molar-refractivity contribution in [2.24, 2.45) is 0 Å². The van der Waals surface area contributed by atoms with Gasteiger partial charge in [-0.15, -0.1) is 0 Å². The zero-order chi connectivity index (χ0) is 12.8. The summed E-state index contributed by atoms with van der Waals surface area (Å²) in [6, 6.07) is 2.96. The highest BCUT2D eigenvalue weighted by Gasteiger charge is 2.06. The van der Waals surface area contributed by atoms with Gasteiger partial charge in [-0.2, -0.15) is 4.98 Å². The van der Waals surface area contributed by atoms with Crippen LogP contribution in [0.4, 0.5) is 0 Å². The van der Waals surface area contributed by atoms with Gasteiger partial charge in [-0.05, 0) is 18.9 Å². The maximum atomic E-state index is 5.54. The van der Waals surface area contributed by atoms with E-state index in [1.54, 1.807) is 0 Å². The number of aromatic nitrogens is 2. The Morgan fingerprint density at radius 2 is 1.94 bits per heavy atom. The Morgan fingerprint density at radius 3 is 2.53 bits per heavy atom. The molecule has 1 aromatic heterocycles. The zero-order valence-corrected chi connectivity index (χ0v) is 11.4. The van der Waals surface area contributed by atoms with Crippen LogP contribution in [-0.2, 0) is 0 Å². The van der Waals surface area contributed by atoms with E-state index in [0.717, 1.165) is 17.9 Å². The summed E-state index contributed by atoms with van der Waals surface area (Å²) in [6.07, 6.45) is 0. The molecule has 17 heavy (non-hydrogen) atoms. The van der Waals surface area contributed by atoms with Crippen LogP contribution >= 0.6 is 0 Å². The molecular weight excluding hydrogens is 214 g/mol. The van der Waals surface area contributed by atoms with Gasteiger partial charge in [0.15, 0.2) is 0 Å². The minimum absolute atomic E-state index is 0.396. The number of ether oxygens (including phenoxy) is 1. The van der Waals surface area contributed by atoms with E-state index in [9.17, 15) is 0 Å². The van der Waals surface area contributed by atoms with Crippen LogP contribution in [0.2, 0.25) is 0 Å². The second-order valence-corrected chi connectivity index (χ2v) is 4.83. The van der Waals surface area contributed by atoms with E-state index in [4.69, 9.17) is 4.74 Å². The minimum Gasteiger partial charge on any atom is -0.462 e. The lowest BCUT2D eigenvalue weighted by molar-refractivity contribution is 0.284. The molecule has 1 aromatic rings. The van der Waals surface area contributed by atoms with Crippen molar-refractivity contribution < 1.29 is 4.74 Å². The van der Waals surface area contributed by atoms with Gasteiger partial charge in [-0.25, -0.2) is 4.98 Å². The molecule has 0 radical (unpaired) electrons. The van der Waals surface area contributed by atoms with Crippen molar-refractivity contribution in [1.29, 1.82) is 0 Å². The zero-order valence-electron chi connectivity index (χ0n) is 11.4. The smallest absolute Gasteiger partial charge is 0.316 e. The highest BCUT2D eigenvalue weighted by atomic mass is 16.5. The van der Waals surface area contributed by atoms with Gasteiger partial charge in [-0.3, -0.25) is 0 Å². The summed E-state index contributed by atoms with van der Waals surface area (Å²) < 4.78 is 5.54. The molecule has 0 aliphatic rings. The van der Waals surface area contributed by atoms with Crippen LogP contribution < -0.4 is 10.1 Å². The van der Waals surface area contributed by atoms with Crippen molar-refractivity contribution in [3.8, 4) is 6.01 Å². The fourth-order valence-corrected chi connectivity index (χ4v) is 1.42. The van der Waals surface area contributed by atoms with Crippen molar-refractivity contribution in [3.05, 3.63) is 17.5 Å². The van der Waals surface area contributed by atoms with Gasteiger partial charge < -0.3 is 10.1 Å². The van der Waals surface area contributed by atoms with E-state index in [1.165, 1.54) is 0 Å². The van der Waals surface area contributed by atoms with Crippen LogP contribution in [0.1, 0.15) is 45.0 Å². The van der Waals surface area contributed by atoms with E-state index in [0.29, 0.717) is 24.6 Å². The molecule has 0 spiro atoms. The first-order valence-corrected chi connectivity index (χ1v) is 6.20. The summed E-state index contributed by atoms with van der Waals surface area (Å²) in [5, 5.41) is 3.29. The third-order valence-electron chi connectivity index (χ3n) is 2.33. The average Bonchev–Trinajstić information content (AvgIpc) is 2.23. The van der Waals surface area contributed by atoms with E-state index < -0.39 is 0 Å². The van der Waals surface area contributed by atoms with Gasteiger partial charge >= 0.3 is 6.01 Å². The monoisotopic (exact) mass is 237 g/mol. The first-order chi connectivity index (χ1) is 7.99. The Hall–Kier alpha value is -1.16. The lowest BCUT2D eigenvalue weighted by Crippen LogP contribution is -2.27. The molecular formula is C13H23N3O. The normalized spacial score (nSPS) is 11.2. The second-order valence-electron chi connectivity index (χ2n) is 4.83. The Kier molecular flexibility index (Phi) is 5.35. The predicted octanol–water partition coefficient (Wildman–Crippen LogP) is 2.29. The van der Waals surface area contributed by atoms with E-state index >= 15 is 0 Å². The Bertz CT molecular complexity index is 351. The molecule has 0 aromatic carbocycles. The first kappa shape index (κ1) is 13.9. The first-order valence-electron chi connectivity index (χ1n) is 6.20. The van der Waals surface area contributed by atoms with Crippen molar-refractivity contribution in [1.82, 2.24) is 15.3 Å². The molecule has 1 heterocycles. The second kappa shape index (κ2) is 6.55.